The van der Waals surface area contributed by atoms with E-state index in [2.05, 4.69) is 27.5 Å². The number of guanidine groups is 1. The maximum absolute atomic E-state index is 11.2. The molecule has 130 valence electrons. The van der Waals surface area contributed by atoms with Crippen LogP contribution in [0.25, 0.3) is 0 Å². The molecule has 6 heteroatoms. The van der Waals surface area contributed by atoms with Crippen molar-refractivity contribution in [2.75, 3.05) is 19.7 Å². The van der Waals surface area contributed by atoms with Gasteiger partial charge in [-0.2, -0.15) is 0 Å². The second kappa shape index (κ2) is 9.60. The zero-order valence-corrected chi connectivity index (χ0v) is 14.2. The van der Waals surface area contributed by atoms with Crippen LogP contribution in [0.15, 0.2) is 41.9 Å². The first-order chi connectivity index (χ1) is 11.7. The average Bonchev–Trinajstić information content (AvgIpc) is 2.60. The summed E-state index contributed by atoms with van der Waals surface area (Å²) in [6.07, 6.45) is 3.09. The van der Waals surface area contributed by atoms with E-state index in [1.54, 1.807) is 6.08 Å². The molecule has 6 nitrogen and oxygen atoms in total. The number of amides is 1. The van der Waals surface area contributed by atoms with E-state index >= 15 is 0 Å². The molecule has 0 aromatic heterocycles. The number of nitrogens with one attached hydrogen (secondary N) is 3. The maximum atomic E-state index is 11.2. The summed E-state index contributed by atoms with van der Waals surface area (Å²) in [4.78, 5) is 15.9. The second-order valence-electron chi connectivity index (χ2n) is 5.59. The van der Waals surface area contributed by atoms with Crippen molar-refractivity contribution < 1.29 is 9.53 Å². The van der Waals surface area contributed by atoms with E-state index in [1.807, 2.05) is 31.2 Å². The van der Waals surface area contributed by atoms with Crippen LogP contribution in [0.1, 0.15) is 25.3 Å². The third-order valence-electron chi connectivity index (χ3n) is 3.69. The third-order valence-corrected chi connectivity index (χ3v) is 3.69. The van der Waals surface area contributed by atoms with E-state index in [9.17, 15) is 4.79 Å². The molecule has 0 aliphatic carbocycles. The summed E-state index contributed by atoms with van der Waals surface area (Å²) in [6.45, 7) is 8.09. The van der Waals surface area contributed by atoms with Crippen molar-refractivity contribution in [2.45, 2.75) is 32.4 Å². The fourth-order valence-corrected chi connectivity index (χ4v) is 2.46. The lowest BCUT2D eigenvalue weighted by atomic mass is 10.1. The van der Waals surface area contributed by atoms with E-state index in [0.29, 0.717) is 26.1 Å². The van der Waals surface area contributed by atoms with Gasteiger partial charge < -0.3 is 20.7 Å². The van der Waals surface area contributed by atoms with Crippen LogP contribution >= 0.6 is 0 Å². The molecular formula is C18H26N4O2. The molecule has 2 rings (SSSR count). The molecule has 1 heterocycles. The molecule has 0 saturated carbocycles. The van der Waals surface area contributed by atoms with Crippen molar-refractivity contribution in [1.29, 1.82) is 0 Å². The standard InChI is InChI=1S/C18H26N4O2/c1-3-11-24-16-8-6-5-7-14(16)12-21-18(19-4-2)22-15-9-10-17(23)20-13-15/h3,5-8,15H,1,4,9-13H2,2H3,(H,20,23)(H2,19,21,22). The molecule has 0 bridgehead atoms. The molecule has 1 aliphatic rings. The highest BCUT2D eigenvalue weighted by Gasteiger charge is 2.18. The van der Waals surface area contributed by atoms with Crippen LogP contribution in [0.3, 0.4) is 0 Å². The molecule has 1 saturated heterocycles. The highest BCUT2D eigenvalue weighted by Crippen LogP contribution is 2.18. The quantitative estimate of drug-likeness (QED) is 0.403. The van der Waals surface area contributed by atoms with E-state index < -0.39 is 0 Å². The topological polar surface area (TPSA) is 74.8 Å². The Morgan fingerprint density at radius 2 is 2.33 bits per heavy atom. The van der Waals surface area contributed by atoms with Gasteiger partial charge in [-0.3, -0.25) is 4.79 Å². The second-order valence-corrected chi connectivity index (χ2v) is 5.59. The number of piperidine rings is 1. The number of ether oxygens (including phenoxy) is 1. The number of benzene rings is 1. The van der Waals surface area contributed by atoms with Crippen LogP contribution in [-0.2, 0) is 11.3 Å². The van der Waals surface area contributed by atoms with Gasteiger partial charge >= 0.3 is 0 Å². The van der Waals surface area contributed by atoms with Crippen LogP contribution < -0.4 is 20.7 Å². The number of carbonyl (C=O) groups excluding carboxylic acids is 1. The van der Waals surface area contributed by atoms with Crippen molar-refractivity contribution in [1.82, 2.24) is 16.0 Å². The van der Waals surface area contributed by atoms with Gasteiger partial charge in [-0.15, -0.1) is 0 Å². The largest absolute Gasteiger partial charge is 0.489 e. The molecular weight excluding hydrogens is 304 g/mol. The minimum atomic E-state index is 0.114. The summed E-state index contributed by atoms with van der Waals surface area (Å²) in [5.74, 6) is 1.68. The van der Waals surface area contributed by atoms with Gasteiger partial charge in [0.2, 0.25) is 5.91 Å². The Labute approximate surface area is 143 Å². The molecule has 1 aromatic carbocycles. The van der Waals surface area contributed by atoms with Crippen molar-refractivity contribution in [3.8, 4) is 5.75 Å². The summed E-state index contributed by atoms with van der Waals surface area (Å²) in [6, 6.07) is 8.06. The lowest BCUT2D eigenvalue weighted by molar-refractivity contribution is -0.122. The first kappa shape index (κ1) is 17.8. The normalized spacial score (nSPS) is 17.8. The number of carbonyl (C=O) groups is 1. The third kappa shape index (κ3) is 5.61. The Bertz CT molecular complexity index is 576. The van der Waals surface area contributed by atoms with Crippen LogP contribution in [0, 0.1) is 0 Å². The average molecular weight is 330 g/mol. The van der Waals surface area contributed by atoms with Crippen LogP contribution in [0.4, 0.5) is 0 Å². The van der Waals surface area contributed by atoms with Gasteiger partial charge in [-0.1, -0.05) is 30.9 Å². The predicted molar refractivity (Wildman–Crippen MR) is 96.1 cm³/mol. The molecule has 24 heavy (non-hydrogen) atoms. The van der Waals surface area contributed by atoms with E-state index in [0.717, 1.165) is 30.2 Å². The summed E-state index contributed by atoms with van der Waals surface area (Å²) >= 11 is 0. The minimum Gasteiger partial charge on any atom is -0.489 e. The summed E-state index contributed by atoms with van der Waals surface area (Å²) in [5, 5.41) is 9.49. The summed E-state index contributed by atoms with van der Waals surface area (Å²) in [5.41, 5.74) is 1.02. The van der Waals surface area contributed by atoms with Gasteiger partial charge in [0, 0.05) is 31.1 Å². The Balaban J connectivity index is 2.00. The number of nitrogens with zero attached hydrogens (tertiary/aromatic N) is 1. The number of rotatable bonds is 7. The monoisotopic (exact) mass is 330 g/mol. The first-order valence-corrected chi connectivity index (χ1v) is 8.36. The number of hydrogen-bond donors (Lipinski definition) is 3. The van der Waals surface area contributed by atoms with Crippen molar-refractivity contribution in [2.24, 2.45) is 4.99 Å². The highest BCUT2D eigenvalue weighted by atomic mass is 16.5. The smallest absolute Gasteiger partial charge is 0.220 e. The van der Waals surface area contributed by atoms with Crippen LogP contribution in [0.5, 0.6) is 5.75 Å². The van der Waals surface area contributed by atoms with Gasteiger partial charge in [0.15, 0.2) is 5.96 Å². The fourth-order valence-electron chi connectivity index (χ4n) is 2.46. The Hall–Kier alpha value is -2.50. The summed E-state index contributed by atoms with van der Waals surface area (Å²) in [7, 11) is 0. The summed E-state index contributed by atoms with van der Waals surface area (Å²) < 4.78 is 5.66. The molecule has 0 spiro atoms. The molecule has 1 aliphatic heterocycles. The van der Waals surface area contributed by atoms with Gasteiger partial charge in [0.05, 0.1) is 6.54 Å². The van der Waals surface area contributed by atoms with E-state index in [-0.39, 0.29) is 11.9 Å². The van der Waals surface area contributed by atoms with E-state index in [1.165, 1.54) is 0 Å². The lowest BCUT2D eigenvalue weighted by Gasteiger charge is -2.25. The zero-order chi connectivity index (χ0) is 17.2. The van der Waals surface area contributed by atoms with Crippen LogP contribution in [-0.4, -0.2) is 37.6 Å². The van der Waals surface area contributed by atoms with Gasteiger partial charge in [-0.25, -0.2) is 4.99 Å². The number of hydrogen-bond acceptors (Lipinski definition) is 3. The van der Waals surface area contributed by atoms with E-state index in [4.69, 9.17) is 4.74 Å². The molecule has 1 unspecified atom stereocenters. The number of para-hydroxylation sites is 1. The van der Waals surface area contributed by atoms with Crippen molar-refractivity contribution >= 4 is 11.9 Å². The Morgan fingerprint density at radius 3 is 3.04 bits per heavy atom. The molecule has 1 aromatic rings. The van der Waals surface area contributed by atoms with Gasteiger partial charge in [0.1, 0.15) is 12.4 Å². The highest BCUT2D eigenvalue weighted by molar-refractivity contribution is 5.81. The predicted octanol–water partition coefficient (Wildman–Crippen LogP) is 1.59. The maximum Gasteiger partial charge on any atom is 0.220 e. The van der Waals surface area contributed by atoms with Crippen LogP contribution in [0.2, 0.25) is 0 Å². The molecule has 3 N–H and O–H groups in total. The zero-order valence-electron chi connectivity index (χ0n) is 14.2. The molecule has 1 amide bonds. The first-order valence-electron chi connectivity index (χ1n) is 8.36. The van der Waals surface area contributed by atoms with Crippen molar-refractivity contribution in [3.63, 3.8) is 0 Å². The van der Waals surface area contributed by atoms with Gasteiger partial charge in [0.25, 0.3) is 0 Å². The Morgan fingerprint density at radius 1 is 1.50 bits per heavy atom. The van der Waals surface area contributed by atoms with Crippen molar-refractivity contribution in [3.05, 3.63) is 42.5 Å². The lowest BCUT2D eigenvalue weighted by Crippen LogP contribution is -2.51. The molecule has 1 atom stereocenters. The molecule has 1 fully saturated rings. The number of aliphatic imine (C=N–C) groups is 1. The molecule has 0 radical (unpaired) electrons. The van der Waals surface area contributed by atoms with Gasteiger partial charge in [-0.05, 0) is 19.4 Å². The Kier molecular flexibility index (Phi) is 7.14. The minimum absolute atomic E-state index is 0.114. The fraction of sp³-hybridized carbons (Fsp3) is 0.444. The SMILES string of the molecule is C=CCOc1ccccc1CN=C(NCC)NC1CCC(=O)NC1.